The van der Waals surface area contributed by atoms with E-state index in [2.05, 4.69) is 0 Å². The largest absolute Gasteiger partial charge is 0.387 e. The zero-order valence-electron chi connectivity index (χ0n) is 11.7. The molecule has 1 aliphatic rings. The van der Waals surface area contributed by atoms with E-state index >= 15 is 0 Å². The van der Waals surface area contributed by atoms with Crippen molar-refractivity contribution in [2.45, 2.75) is 42.5 Å². The molecule has 5 atom stereocenters. The van der Waals surface area contributed by atoms with Gasteiger partial charge in [-0.3, -0.25) is 4.18 Å². The summed E-state index contributed by atoms with van der Waals surface area (Å²) in [6, 6.07) is 5.95. The van der Waals surface area contributed by atoms with Gasteiger partial charge in [0.2, 0.25) is 0 Å². The molecule has 1 aromatic carbocycles. The van der Waals surface area contributed by atoms with Crippen molar-refractivity contribution >= 4 is 10.1 Å². The summed E-state index contributed by atoms with van der Waals surface area (Å²) in [4.78, 5) is -0.0652. The molecule has 0 spiro atoms. The third-order valence-corrected chi connectivity index (χ3v) is 4.68. The molecule has 1 aromatic rings. The van der Waals surface area contributed by atoms with Gasteiger partial charge in [0.25, 0.3) is 10.1 Å². The normalized spacial score (nSPS) is 32.9. The van der Waals surface area contributed by atoms with E-state index in [0.29, 0.717) is 0 Å². The van der Waals surface area contributed by atoms with Crippen molar-refractivity contribution in [1.29, 1.82) is 0 Å². The lowest BCUT2D eigenvalue weighted by molar-refractivity contribution is -0.285. The van der Waals surface area contributed by atoms with Gasteiger partial charge in [-0.05, 0) is 19.1 Å². The minimum Gasteiger partial charge on any atom is -0.387 e. The first-order valence-electron chi connectivity index (χ1n) is 6.56. The summed E-state index contributed by atoms with van der Waals surface area (Å²) in [5.41, 5.74) is 0.880. The molecule has 1 heterocycles. The standard InChI is InChI=1S/C13H18O8S/c1-7-2-4-8(5-3-7)22(18,19)20-6-9-10(14)11(15)12(16)13(17)21-9/h2-5,9-17H,6H2,1H3/t9-,10-,11+,12-,13-/m1/s1. The number of aryl methyl sites for hydroxylation is 1. The van der Waals surface area contributed by atoms with E-state index in [1.165, 1.54) is 12.1 Å². The first kappa shape index (κ1) is 17.3. The minimum absolute atomic E-state index is 0.0652. The smallest absolute Gasteiger partial charge is 0.297 e. The number of benzene rings is 1. The average molecular weight is 334 g/mol. The van der Waals surface area contributed by atoms with Gasteiger partial charge in [0, 0.05) is 0 Å². The van der Waals surface area contributed by atoms with Gasteiger partial charge in [0.1, 0.15) is 24.4 Å². The molecular weight excluding hydrogens is 316 g/mol. The molecule has 1 saturated heterocycles. The quantitative estimate of drug-likeness (QED) is 0.489. The van der Waals surface area contributed by atoms with Crippen LogP contribution in [0.1, 0.15) is 5.56 Å². The summed E-state index contributed by atoms with van der Waals surface area (Å²) in [7, 11) is -4.07. The first-order valence-corrected chi connectivity index (χ1v) is 7.97. The van der Waals surface area contributed by atoms with Crippen molar-refractivity contribution in [1.82, 2.24) is 0 Å². The Hall–Kier alpha value is -1.07. The summed E-state index contributed by atoms with van der Waals surface area (Å²) in [5, 5.41) is 37.9. The molecule has 0 aromatic heterocycles. The Balaban J connectivity index is 2.04. The van der Waals surface area contributed by atoms with Gasteiger partial charge in [-0.15, -0.1) is 0 Å². The summed E-state index contributed by atoms with van der Waals surface area (Å²) in [6.07, 6.45) is -7.98. The van der Waals surface area contributed by atoms with E-state index in [1.54, 1.807) is 19.1 Å². The number of rotatable bonds is 4. The summed E-state index contributed by atoms with van der Waals surface area (Å²) < 4.78 is 33.6. The second-order valence-corrected chi connectivity index (χ2v) is 6.70. The highest BCUT2D eigenvalue weighted by Gasteiger charge is 2.43. The zero-order chi connectivity index (χ0) is 16.5. The second kappa shape index (κ2) is 6.59. The van der Waals surface area contributed by atoms with Crippen molar-refractivity contribution in [3.63, 3.8) is 0 Å². The minimum atomic E-state index is -4.07. The molecule has 0 saturated carbocycles. The third-order valence-electron chi connectivity index (χ3n) is 3.38. The zero-order valence-corrected chi connectivity index (χ0v) is 12.5. The molecule has 0 aliphatic carbocycles. The Morgan fingerprint density at radius 2 is 1.64 bits per heavy atom. The molecule has 0 radical (unpaired) electrons. The van der Waals surface area contributed by atoms with Crippen molar-refractivity contribution in [2.75, 3.05) is 6.61 Å². The van der Waals surface area contributed by atoms with Crippen molar-refractivity contribution < 1.29 is 37.8 Å². The molecule has 1 fully saturated rings. The lowest BCUT2D eigenvalue weighted by Gasteiger charge is -2.37. The molecule has 22 heavy (non-hydrogen) atoms. The maximum atomic E-state index is 12.0. The van der Waals surface area contributed by atoms with Crippen molar-refractivity contribution in [3.8, 4) is 0 Å². The molecule has 9 heteroatoms. The molecule has 0 amide bonds. The molecular formula is C13H18O8S. The molecule has 1 aliphatic heterocycles. The second-order valence-electron chi connectivity index (χ2n) is 5.09. The van der Waals surface area contributed by atoms with Gasteiger partial charge in [-0.25, -0.2) is 0 Å². The SMILES string of the molecule is Cc1ccc(S(=O)(=O)OC[C@H]2O[C@@H](O)[C@H](O)[C@@H](O)[C@@H]2O)cc1. The van der Waals surface area contributed by atoms with E-state index in [9.17, 15) is 28.8 Å². The molecule has 0 unspecified atom stereocenters. The van der Waals surface area contributed by atoms with Crippen LogP contribution in [0.15, 0.2) is 29.2 Å². The van der Waals surface area contributed by atoms with Crippen LogP contribution in [0.2, 0.25) is 0 Å². The molecule has 124 valence electrons. The summed E-state index contributed by atoms with van der Waals surface area (Å²) in [6.45, 7) is 1.19. The van der Waals surface area contributed by atoms with Gasteiger partial charge in [0.05, 0.1) is 11.5 Å². The van der Waals surface area contributed by atoms with Crippen LogP contribution < -0.4 is 0 Å². The Morgan fingerprint density at radius 3 is 2.23 bits per heavy atom. The topological polar surface area (TPSA) is 134 Å². The van der Waals surface area contributed by atoms with Crippen LogP contribution in [0, 0.1) is 6.92 Å². The fraction of sp³-hybridized carbons (Fsp3) is 0.538. The maximum Gasteiger partial charge on any atom is 0.297 e. The van der Waals surface area contributed by atoms with Crippen LogP contribution in [0.5, 0.6) is 0 Å². The monoisotopic (exact) mass is 334 g/mol. The highest BCUT2D eigenvalue weighted by atomic mass is 32.2. The number of ether oxygens (including phenoxy) is 1. The van der Waals surface area contributed by atoms with Crippen LogP contribution in [0.25, 0.3) is 0 Å². The predicted octanol–water partition coefficient (Wildman–Crippen LogP) is -1.50. The third kappa shape index (κ3) is 3.63. The van der Waals surface area contributed by atoms with Crippen molar-refractivity contribution in [2.24, 2.45) is 0 Å². The number of aliphatic hydroxyl groups is 4. The fourth-order valence-corrected chi connectivity index (χ4v) is 2.92. The predicted molar refractivity (Wildman–Crippen MR) is 73.2 cm³/mol. The van der Waals surface area contributed by atoms with Crippen LogP contribution in [-0.2, 0) is 19.0 Å². The van der Waals surface area contributed by atoms with Crippen molar-refractivity contribution in [3.05, 3.63) is 29.8 Å². The van der Waals surface area contributed by atoms with Crippen LogP contribution >= 0.6 is 0 Å². The van der Waals surface area contributed by atoms with Gasteiger partial charge in [-0.2, -0.15) is 8.42 Å². The van der Waals surface area contributed by atoms with E-state index in [1.807, 2.05) is 0 Å². The van der Waals surface area contributed by atoms with E-state index in [-0.39, 0.29) is 4.90 Å². The fourth-order valence-electron chi connectivity index (χ4n) is 2.00. The van der Waals surface area contributed by atoms with E-state index < -0.39 is 47.4 Å². The number of hydrogen-bond acceptors (Lipinski definition) is 8. The highest BCUT2D eigenvalue weighted by molar-refractivity contribution is 7.86. The first-order chi connectivity index (χ1) is 10.2. The van der Waals surface area contributed by atoms with E-state index in [0.717, 1.165) is 5.56 Å². The maximum absolute atomic E-state index is 12.0. The Labute approximate surface area is 127 Å². The van der Waals surface area contributed by atoms with Gasteiger partial charge in [0.15, 0.2) is 6.29 Å². The Bertz CT molecular complexity index is 599. The molecule has 2 rings (SSSR count). The van der Waals surface area contributed by atoms with Crippen LogP contribution in [0.4, 0.5) is 0 Å². The van der Waals surface area contributed by atoms with E-state index in [4.69, 9.17) is 8.92 Å². The number of aliphatic hydroxyl groups excluding tert-OH is 4. The lowest BCUT2D eigenvalue weighted by atomic mass is 10.00. The molecule has 8 nitrogen and oxygen atoms in total. The van der Waals surface area contributed by atoms with Gasteiger partial charge >= 0.3 is 0 Å². The van der Waals surface area contributed by atoms with Gasteiger partial charge in [-0.1, -0.05) is 17.7 Å². The average Bonchev–Trinajstić information content (AvgIpc) is 2.48. The molecule has 4 N–H and O–H groups in total. The number of hydrogen-bond donors (Lipinski definition) is 4. The summed E-state index contributed by atoms with van der Waals surface area (Å²) in [5.74, 6) is 0. The summed E-state index contributed by atoms with van der Waals surface area (Å²) >= 11 is 0. The Kier molecular flexibility index (Phi) is 5.17. The van der Waals surface area contributed by atoms with Crippen LogP contribution in [0.3, 0.4) is 0 Å². The van der Waals surface area contributed by atoms with Gasteiger partial charge < -0.3 is 25.2 Å². The highest BCUT2D eigenvalue weighted by Crippen LogP contribution is 2.21. The molecule has 0 bridgehead atoms. The lowest BCUT2D eigenvalue weighted by Crippen LogP contribution is -2.58. The van der Waals surface area contributed by atoms with Crippen LogP contribution in [-0.4, -0.2) is 66.2 Å². The Morgan fingerprint density at radius 1 is 1.05 bits per heavy atom.